The van der Waals surface area contributed by atoms with E-state index in [9.17, 15) is 4.79 Å². The molecule has 1 rings (SSSR count). The summed E-state index contributed by atoms with van der Waals surface area (Å²) < 4.78 is 5.35. The van der Waals surface area contributed by atoms with Crippen molar-refractivity contribution in [3.05, 3.63) is 23.7 Å². The van der Waals surface area contributed by atoms with Gasteiger partial charge in [-0.15, -0.1) is 0 Å². The zero-order chi connectivity index (χ0) is 10.7. The number of nitrogens with two attached hydrogens (primary N) is 1. The molecule has 4 nitrogen and oxygen atoms in total. The molecule has 14 heavy (non-hydrogen) atoms. The van der Waals surface area contributed by atoms with Gasteiger partial charge in [-0.1, -0.05) is 0 Å². The van der Waals surface area contributed by atoms with E-state index >= 15 is 0 Å². The van der Waals surface area contributed by atoms with E-state index in [-0.39, 0.29) is 5.91 Å². The van der Waals surface area contributed by atoms with Gasteiger partial charge >= 0.3 is 0 Å². The summed E-state index contributed by atoms with van der Waals surface area (Å²) in [5.41, 5.74) is 5.47. The third-order valence-electron chi connectivity index (χ3n) is 1.95. The van der Waals surface area contributed by atoms with Gasteiger partial charge in [-0.25, -0.2) is 0 Å². The molecule has 0 saturated carbocycles. The Hall–Kier alpha value is -1.29. The summed E-state index contributed by atoms with van der Waals surface area (Å²) in [5.74, 6) is 1.54. The van der Waals surface area contributed by atoms with E-state index in [0.29, 0.717) is 6.54 Å². The van der Waals surface area contributed by atoms with Gasteiger partial charge in [-0.3, -0.25) is 4.79 Å². The molecule has 0 aliphatic heterocycles. The zero-order valence-electron chi connectivity index (χ0n) is 8.78. The van der Waals surface area contributed by atoms with E-state index in [1.54, 1.807) is 18.9 Å². The highest BCUT2D eigenvalue weighted by atomic mass is 16.3. The molecular formula is C10H16N2O2. The number of aryl methyl sites for hydroxylation is 1. The van der Waals surface area contributed by atoms with Crippen LogP contribution in [-0.2, 0) is 11.3 Å². The number of furan rings is 1. The minimum atomic E-state index is -0.462. The Bertz CT molecular complexity index is 318. The van der Waals surface area contributed by atoms with Crippen molar-refractivity contribution in [3.8, 4) is 0 Å². The Labute approximate surface area is 83.7 Å². The van der Waals surface area contributed by atoms with Gasteiger partial charge in [0.25, 0.3) is 0 Å². The van der Waals surface area contributed by atoms with E-state index in [1.807, 2.05) is 19.1 Å². The molecule has 0 radical (unpaired) electrons. The second kappa shape index (κ2) is 4.28. The second-order valence-corrected chi connectivity index (χ2v) is 3.50. The van der Waals surface area contributed by atoms with Crippen LogP contribution in [0.1, 0.15) is 18.4 Å². The van der Waals surface area contributed by atoms with Gasteiger partial charge in [0.2, 0.25) is 5.91 Å². The van der Waals surface area contributed by atoms with Crippen molar-refractivity contribution >= 4 is 5.91 Å². The number of rotatable bonds is 3. The van der Waals surface area contributed by atoms with Gasteiger partial charge in [0, 0.05) is 7.05 Å². The lowest BCUT2D eigenvalue weighted by atomic mass is 10.3. The molecule has 0 spiro atoms. The lowest BCUT2D eigenvalue weighted by Gasteiger charge is -2.17. The molecule has 0 aliphatic carbocycles. The Morgan fingerprint density at radius 2 is 2.29 bits per heavy atom. The third-order valence-corrected chi connectivity index (χ3v) is 1.95. The first kappa shape index (κ1) is 10.8. The van der Waals surface area contributed by atoms with Crippen molar-refractivity contribution in [2.75, 3.05) is 7.05 Å². The maximum absolute atomic E-state index is 11.4. The molecule has 0 bridgehead atoms. The van der Waals surface area contributed by atoms with Gasteiger partial charge in [0.15, 0.2) is 0 Å². The van der Waals surface area contributed by atoms with Gasteiger partial charge in [0.05, 0.1) is 12.6 Å². The summed E-state index contributed by atoms with van der Waals surface area (Å²) >= 11 is 0. The molecule has 0 aromatic carbocycles. The van der Waals surface area contributed by atoms with Crippen LogP contribution in [0, 0.1) is 6.92 Å². The summed E-state index contributed by atoms with van der Waals surface area (Å²) in [6.45, 7) is 4.01. The molecule has 4 heteroatoms. The summed E-state index contributed by atoms with van der Waals surface area (Å²) in [5, 5.41) is 0. The van der Waals surface area contributed by atoms with Crippen molar-refractivity contribution in [2.45, 2.75) is 26.4 Å². The Morgan fingerprint density at radius 3 is 2.71 bits per heavy atom. The predicted octanol–water partition coefficient (Wildman–Crippen LogP) is 0.894. The van der Waals surface area contributed by atoms with E-state index < -0.39 is 6.04 Å². The van der Waals surface area contributed by atoms with Crippen LogP contribution in [0.3, 0.4) is 0 Å². The molecule has 78 valence electrons. The van der Waals surface area contributed by atoms with Gasteiger partial charge in [0.1, 0.15) is 11.5 Å². The number of nitrogens with zero attached hydrogens (tertiary/aromatic N) is 1. The molecule has 2 N–H and O–H groups in total. The maximum atomic E-state index is 11.4. The second-order valence-electron chi connectivity index (χ2n) is 3.50. The minimum Gasteiger partial charge on any atom is -0.464 e. The average Bonchev–Trinajstić information content (AvgIpc) is 2.49. The number of amides is 1. The predicted molar refractivity (Wildman–Crippen MR) is 53.6 cm³/mol. The Balaban J connectivity index is 2.57. The van der Waals surface area contributed by atoms with Crippen LogP contribution in [0.25, 0.3) is 0 Å². The molecule has 0 aliphatic rings. The summed E-state index contributed by atoms with van der Waals surface area (Å²) in [6.07, 6.45) is 0. The van der Waals surface area contributed by atoms with E-state index in [2.05, 4.69) is 0 Å². The van der Waals surface area contributed by atoms with Crippen LogP contribution in [0.15, 0.2) is 16.5 Å². The first-order valence-corrected chi connectivity index (χ1v) is 4.56. The van der Waals surface area contributed by atoms with Gasteiger partial charge in [-0.05, 0) is 26.0 Å². The smallest absolute Gasteiger partial charge is 0.239 e. The van der Waals surface area contributed by atoms with Crippen LogP contribution in [0.2, 0.25) is 0 Å². The van der Waals surface area contributed by atoms with Crippen LogP contribution in [0.5, 0.6) is 0 Å². The molecular weight excluding hydrogens is 180 g/mol. The van der Waals surface area contributed by atoms with Crippen molar-refractivity contribution < 1.29 is 9.21 Å². The highest BCUT2D eigenvalue weighted by Crippen LogP contribution is 2.08. The average molecular weight is 196 g/mol. The van der Waals surface area contributed by atoms with E-state index in [4.69, 9.17) is 10.2 Å². The van der Waals surface area contributed by atoms with Crippen LogP contribution < -0.4 is 5.73 Å². The fourth-order valence-electron chi connectivity index (χ4n) is 1.23. The van der Waals surface area contributed by atoms with Crippen molar-refractivity contribution in [3.63, 3.8) is 0 Å². The maximum Gasteiger partial charge on any atom is 0.239 e. The van der Waals surface area contributed by atoms with Crippen molar-refractivity contribution in [1.82, 2.24) is 4.90 Å². The van der Waals surface area contributed by atoms with Gasteiger partial charge in [-0.2, -0.15) is 0 Å². The topological polar surface area (TPSA) is 59.5 Å². The number of carbonyl (C=O) groups is 1. The monoisotopic (exact) mass is 196 g/mol. The first-order chi connectivity index (χ1) is 6.50. The number of hydrogen-bond donors (Lipinski definition) is 1. The standard InChI is InChI=1S/C10H16N2O2/c1-7-4-5-9(14-7)6-12(3)10(13)8(2)11/h4-5,8H,6,11H2,1-3H3/t8-/m0/s1. The van der Waals surface area contributed by atoms with Gasteiger partial charge < -0.3 is 15.1 Å². The molecule has 1 aromatic heterocycles. The summed E-state index contributed by atoms with van der Waals surface area (Å²) in [6, 6.07) is 3.27. The van der Waals surface area contributed by atoms with Crippen molar-refractivity contribution in [2.24, 2.45) is 5.73 Å². The van der Waals surface area contributed by atoms with Crippen LogP contribution in [0.4, 0.5) is 0 Å². The quantitative estimate of drug-likeness (QED) is 0.781. The first-order valence-electron chi connectivity index (χ1n) is 4.56. The minimum absolute atomic E-state index is 0.0842. The van der Waals surface area contributed by atoms with E-state index in [1.165, 1.54) is 0 Å². The molecule has 1 heterocycles. The highest BCUT2D eigenvalue weighted by Gasteiger charge is 2.14. The summed E-state index contributed by atoms with van der Waals surface area (Å²) in [4.78, 5) is 13.0. The fraction of sp³-hybridized carbons (Fsp3) is 0.500. The molecule has 1 aromatic rings. The molecule has 0 unspecified atom stereocenters. The molecule has 1 atom stereocenters. The summed E-state index contributed by atoms with van der Waals surface area (Å²) in [7, 11) is 1.71. The fourth-order valence-corrected chi connectivity index (χ4v) is 1.23. The van der Waals surface area contributed by atoms with Crippen LogP contribution in [-0.4, -0.2) is 23.9 Å². The third kappa shape index (κ3) is 2.60. The lowest BCUT2D eigenvalue weighted by Crippen LogP contribution is -2.39. The SMILES string of the molecule is Cc1ccc(CN(C)C(=O)[C@H](C)N)o1. The van der Waals surface area contributed by atoms with Crippen molar-refractivity contribution in [1.29, 1.82) is 0 Å². The number of hydrogen-bond acceptors (Lipinski definition) is 3. The lowest BCUT2D eigenvalue weighted by molar-refractivity contribution is -0.131. The molecule has 1 amide bonds. The Morgan fingerprint density at radius 1 is 1.64 bits per heavy atom. The molecule has 0 fully saturated rings. The Kier molecular flexibility index (Phi) is 3.30. The largest absolute Gasteiger partial charge is 0.464 e. The normalized spacial score (nSPS) is 12.6. The van der Waals surface area contributed by atoms with Crippen LogP contribution >= 0.6 is 0 Å². The zero-order valence-corrected chi connectivity index (χ0v) is 8.78. The molecule has 0 saturated heterocycles. The number of likely N-dealkylation sites (N-methyl/N-ethyl adjacent to an activating group) is 1. The van der Waals surface area contributed by atoms with E-state index in [0.717, 1.165) is 11.5 Å². The highest BCUT2D eigenvalue weighted by molar-refractivity contribution is 5.80. The number of carbonyl (C=O) groups excluding carboxylic acids is 1.